The van der Waals surface area contributed by atoms with Crippen LogP contribution in [-0.2, 0) is 21.4 Å². The molecule has 5 rings (SSSR count). The Labute approximate surface area is 232 Å². The number of hydrogen-bond donors (Lipinski definition) is 0. The third kappa shape index (κ3) is 5.55. The van der Waals surface area contributed by atoms with Crippen LogP contribution >= 0.6 is 11.6 Å². The van der Waals surface area contributed by atoms with Gasteiger partial charge < -0.3 is 4.90 Å². The number of hydrogen-bond acceptors (Lipinski definition) is 5. The van der Waals surface area contributed by atoms with Crippen molar-refractivity contribution in [3.05, 3.63) is 88.5 Å². The van der Waals surface area contributed by atoms with Crippen molar-refractivity contribution in [3.63, 3.8) is 0 Å². The number of anilines is 1. The van der Waals surface area contributed by atoms with Crippen molar-refractivity contribution < 1.29 is 17.6 Å². The van der Waals surface area contributed by atoms with Gasteiger partial charge in [0.25, 0.3) is 0 Å². The Kier molecular flexibility index (Phi) is 7.98. The quantitative estimate of drug-likeness (QED) is 0.361. The second-order valence-electron chi connectivity index (χ2n) is 9.98. The molecule has 1 aliphatic carbocycles. The van der Waals surface area contributed by atoms with Gasteiger partial charge in [-0.3, -0.25) is 9.78 Å². The standard InChI is InChI=1S/C29H28ClFN4O3S/c30-28-22(17-32)15-25(16-26(28)31)39(37,38)35-14-13-27(35)29(36)34(24-9-5-2-6-10-24)19-23-12-11-21(18-33-23)20-7-3-1-4-8-20/h2,5-6,9-12,15-16,18,20,27H,1,3-4,7-8,13-14,19H2/t27-/m1/s1. The van der Waals surface area contributed by atoms with E-state index in [1.165, 1.54) is 29.7 Å². The molecule has 0 N–H and O–H groups in total. The molecule has 1 amide bonds. The predicted octanol–water partition coefficient (Wildman–Crippen LogP) is 5.79. The van der Waals surface area contributed by atoms with Crippen LogP contribution in [0.2, 0.25) is 5.02 Å². The highest BCUT2D eigenvalue weighted by atomic mass is 35.5. The van der Waals surface area contributed by atoms with E-state index in [4.69, 9.17) is 11.6 Å². The zero-order valence-corrected chi connectivity index (χ0v) is 22.8. The van der Waals surface area contributed by atoms with E-state index in [0.717, 1.165) is 29.3 Å². The number of sulfonamides is 1. The lowest BCUT2D eigenvalue weighted by atomic mass is 9.85. The van der Waals surface area contributed by atoms with E-state index in [-0.39, 0.29) is 18.7 Å². The molecule has 2 aromatic carbocycles. The number of carbonyl (C=O) groups is 1. The molecule has 202 valence electrons. The fraction of sp³-hybridized carbons (Fsp3) is 0.345. The summed E-state index contributed by atoms with van der Waals surface area (Å²) in [4.78, 5) is 19.6. The topological polar surface area (TPSA) is 94.4 Å². The van der Waals surface area contributed by atoms with Gasteiger partial charge in [0, 0.05) is 18.4 Å². The predicted molar refractivity (Wildman–Crippen MR) is 146 cm³/mol. The molecule has 3 aromatic rings. The minimum Gasteiger partial charge on any atom is -0.305 e. The largest absolute Gasteiger partial charge is 0.305 e. The lowest BCUT2D eigenvalue weighted by molar-refractivity contribution is -0.125. The molecule has 0 bridgehead atoms. The third-order valence-corrected chi connectivity index (χ3v) is 9.83. The summed E-state index contributed by atoms with van der Waals surface area (Å²) in [6, 6.07) is 15.6. The van der Waals surface area contributed by atoms with Gasteiger partial charge in [0.05, 0.1) is 27.7 Å². The van der Waals surface area contributed by atoms with Crippen LogP contribution in [0.25, 0.3) is 0 Å². The average Bonchev–Trinajstić information content (AvgIpc) is 2.93. The van der Waals surface area contributed by atoms with Gasteiger partial charge in [0.15, 0.2) is 0 Å². The lowest BCUT2D eigenvalue weighted by Crippen LogP contribution is -2.59. The van der Waals surface area contributed by atoms with Gasteiger partial charge in [-0.1, -0.05) is 55.1 Å². The molecule has 39 heavy (non-hydrogen) atoms. The first-order valence-corrected chi connectivity index (χ1v) is 14.8. The number of nitrogens with zero attached hydrogens (tertiary/aromatic N) is 4. The normalized spacial score (nSPS) is 18.2. The molecule has 1 aliphatic heterocycles. The zero-order valence-electron chi connectivity index (χ0n) is 21.3. The van der Waals surface area contributed by atoms with E-state index in [9.17, 15) is 22.9 Å². The van der Waals surface area contributed by atoms with E-state index >= 15 is 0 Å². The molecule has 1 saturated heterocycles. The van der Waals surface area contributed by atoms with E-state index < -0.39 is 37.7 Å². The third-order valence-electron chi connectivity index (χ3n) is 7.56. The fourth-order valence-corrected chi connectivity index (χ4v) is 7.10. The molecule has 2 fully saturated rings. The van der Waals surface area contributed by atoms with Crippen LogP contribution in [0, 0.1) is 17.1 Å². The molecule has 10 heteroatoms. The molecule has 2 aliphatic rings. The number of benzene rings is 2. The van der Waals surface area contributed by atoms with Crippen molar-refractivity contribution in [3.8, 4) is 6.07 Å². The number of pyridine rings is 1. The summed E-state index contributed by atoms with van der Waals surface area (Å²) in [5.41, 5.74) is 2.24. The van der Waals surface area contributed by atoms with Crippen molar-refractivity contribution in [2.45, 2.75) is 61.9 Å². The van der Waals surface area contributed by atoms with E-state index in [2.05, 4.69) is 11.1 Å². The summed E-state index contributed by atoms with van der Waals surface area (Å²) >= 11 is 5.79. The van der Waals surface area contributed by atoms with Gasteiger partial charge in [0.2, 0.25) is 15.9 Å². The maximum Gasteiger partial charge on any atom is 0.245 e. The SMILES string of the molecule is N#Cc1cc(S(=O)(=O)N2CC[C@@H]2C(=O)N(Cc2ccc(C3CCCCC3)cn2)c2ccccc2)cc(F)c1Cl. The van der Waals surface area contributed by atoms with Crippen molar-refractivity contribution >= 4 is 33.2 Å². The summed E-state index contributed by atoms with van der Waals surface area (Å²) in [7, 11) is -4.25. The maximum atomic E-state index is 14.3. The number of para-hydroxylation sites is 1. The summed E-state index contributed by atoms with van der Waals surface area (Å²) in [5.74, 6) is -0.893. The molecule has 7 nitrogen and oxygen atoms in total. The van der Waals surface area contributed by atoms with Crippen molar-refractivity contribution in [1.82, 2.24) is 9.29 Å². The monoisotopic (exact) mass is 566 g/mol. The van der Waals surface area contributed by atoms with E-state index in [0.29, 0.717) is 23.7 Å². The van der Waals surface area contributed by atoms with Gasteiger partial charge in [-0.05, 0) is 61.1 Å². The summed E-state index contributed by atoms with van der Waals surface area (Å²) in [6.45, 7) is 0.272. The molecule has 1 saturated carbocycles. The Morgan fingerprint density at radius 2 is 1.85 bits per heavy atom. The highest BCUT2D eigenvalue weighted by Crippen LogP contribution is 2.34. The first kappa shape index (κ1) is 27.3. The molecule has 1 aromatic heterocycles. The van der Waals surface area contributed by atoms with Crippen LogP contribution < -0.4 is 4.90 Å². The number of rotatable bonds is 7. The van der Waals surface area contributed by atoms with Crippen LogP contribution in [0.15, 0.2) is 65.7 Å². The van der Waals surface area contributed by atoms with Gasteiger partial charge in [-0.25, -0.2) is 12.8 Å². The molecule has 0 unspecified atom stereocenters. The lowest BCUT2D eigenvalue weighted by Gasteiger charge is -2.41. The van der Waals surface area contributed by atoms with E-state index in [1.54, 1.807) is 18.2 Å². The Balaban J connectivity index is 1.40. The van der Waals surface area contributed by atoms with Gasteiger partial charge in [0.1, 0.15) is 17.9 Å². The molecular formula is C29H28ClFN4O3S. The number of aromatic nitrogens is 1. The molecule has 0 radical (unpaired) electrons. The number of carbonyl (C=O) groups excluding carboxylic acids is 1. The van der Waals surface area contributed by atoms with Crippen LogP contribution in [0.4, 0.5) is 10.1 Å². The molecular weight excluding hydrogens is 539 g/mol. The molecule has 2 heterocycles. The van der Waals surface area contributed by atoms with Crippen LogP contribution in [-0.4, -0.2) is 36.2 Å². The van der Waals surface area contributed by atoms with Crippen molar-refractivity contribution in [1.29, 1.82) is 5.26 Å². The second kappa shape index (κ2) is 11.4. The molecule has 1 atom stereocenters. The van der Waals surface area contributed by atoms with Gasteiger partial charge >= 0.3 is 0 Å². The average molecular weight is 567 g/mol. The van der Waals surface area contributed by atoms with Crippen molar-refractivity contribution in [2.75, 3.05) is 11.4 Å². The second-order valence-corrected chi connectivity index (χ2v) is 12.2. The van der Waals surface area contributed by atoms with E-state index in [1.807, 2.05) is 30.5 Å². The Hall–Kier alpha value is -3.32. The summed E-state index contributed by atoms with van der Waals surface area (Å²) < 4.78 is 42.1. The minimum absolute atomic E-state index is 0.0990. The highest BCUT2D eigenvalue weighted by Gasteiger charge is 2.45. The first-order chi connectivity index (χ1) is 18.8. The number of amides is 1. The Morgan fingerprint density at radius 3 is 2.46 bits per heavy atom. The smallest absolute Gasteiger partial charge is 0.245 e. The molecule has 0 spiro atoms. The minimum atomic E-state index is -4.25. The van der Waals surface area contributed by atoms with Gasteiger partial charge in [-0.2, -0.15) is 9.57 Å². The highest BCUT2D eigenvalue weighted by molar-refractivity contribution is 7.89. The first-order valence-electron chi connectivity index (χ1n) is 13.0. The summed E-state index contributed by atoms with van der Waals surface area (Å²) in [6.07, 6.45) is 8.26. The van der Waals surface area contributed by atoms with Crippen LogP contribution in [0.5, 0.6) is 0 Å². The number of halogens is 2. The maximum absolute atomic E-state index is 14.3. The summed E-state index contributed by atoms with van der Waals surface area (Å²) in [5, 5.41) is 8.80. The number of nitriles is 1. The zero-order chi connectivity index (χ0) is 27.6. The van der Waals surface area contributed by atoms with Crippen molar-refractivity contribution in [2.24, 2.45) is 0 Å². The Morgan fingerprint density at radius 1 is 1.10 bits per heavy atom. The van der Waals surface area contributed by atoms with Crippen LogP contribution in [0.3, 0.4) is 0 Å². The fourth-order valence-electron chi connectivity index (χ4n) is 5.28. The van der Waals surface area contributed by atoms with Gasteiger partial charge in [-0.15, -0.1) is 0 Å². The Bertz CT molecular complexity index is 1500. The van der Waals surface area contributed by atoms with Crippen LogP contribution in [0.1, 0.15) is 61.3 Å².